The van der Waals surface area contributed by atoms with Crippen molar-refractivity contribution >= 4 is 0 Å². The lowest BCUT2D eigenvalue weighted by molar-refractivity contribution is 0.671. The van der Waals surface area contributed by atoms with Gasteiger partial charge in [0.25, 0.3) is 0 Å². The van der Waals surface area contributed by atoms with E-state index in [1.54, 1.807) is 12.5 Å². The fourth-order valence-corrected chi connectivity index (χ4v) is 0.859. The first-order valence-corrected chi connectivity index (χ1v) is 3.27. The van der Waals surface area contributed by atoms with E-state index >= 15 is 0 Å². The Labute approximate surface area is 59.8 Å². The summed E-state index contributed by atoms with van der Waals surface area (Å²) in [6.45, 7) is 1.95. The summed E-state index contributed by atoms with van der Waals surface area (Å²) in [6, 6.07) is 0. The van der Waals surface area contributed by atoms with Gasteiger partial charge in [0.15, 0.2) is 0 Å². The number of hydrogen-bond acceptors (Lipinski definition) is 3. The minimum absolute atomic E-state index is 0.528. The molecule has 0 fully saturated rings. The molecule has 1 aromatic rings. The highest BCUT2D eigenvalue weighted by Crippen LogP contribution is 1.95. The highest BCUT2D eigenvalue weighted by atomic mass is 15.1. The lowest BCUT2D eigenvalue weighted by atomic mass is 10.4. The van der Waals surface area contributed by atoms with Crippen LogP contribution in [0.5, 0.6) is 0 Å². The Hall–Kier alpha value is -0.870. The van der Waals surface area contributed by atoms with Gasteiger partial charge < -0.3 is 16.0 Å². The third kappa shape index (κ3) is 1.34. The number of nitrogens with zero attached hydrogens (tertiary/aromatic N) is 2. The van der Waals surface area contributed by atoms with Crippen molar-refractivity contribution in [3.8, 4) is 0 Å². The zero-order valence-corrected chi connectivity index (χ0v) is 5.83. The van der Waals surface area contributed by atoms with Crippen molar-refractivity contribution in [2.24, 2.45) is 11.5 Å². The quantitative estimate of drug-likeness (QED) is 0.583. The molecule has 56 valence electrons. The van der Waals surface area contributed by atoms with Gasteiger partial charge in [0.1, 0.15) is 0 Å². The van der Waals surface area contributed by atoms with Gasteiger partial charge in [-0.05, 0) is 0 Å². The van der Waals surface area contributed by atoms with Crippen LogP contribution in [0.15, 0.2) is 12.5 Å². The van der Waals surface area contributed by atoms with Crippen LogP contribution in [-0.2, 0) is 13.1 Å². The third-order valence-electron chi connectivity index (χ3n) is 1.38. The van der Waals surface area contributed by atoms with Crippen LogP contribution < -0.4 is 11.5 Å². The van der Waals surface area contributed by atoms with Crippen molar-refractivity contribution in [3.05, 3.63) is 18.2 Å². The molecule has 4 heteroatoms. The van der Waals surface area contributed by atoms with Crippen molar-refractivity contribution in [3.63, 3.8) is 0 Å². The van der Waals surface area contributed by atoms with Crippen LogP contribution in [0.25, 0.3) is 0 Å². The first kappa shape index (κ1) is 7.24. The molecule has 0 aliphatic heterocycles. The van der Waals surface area contributed by atoms with Crippen molar-refractivity contribution in [2.75, 3.05) is 6.54 Å². The van der Waals surface area contributed by atoms with Crippen LogP contribution in [0.4, 0.5) is 0 Å². The molecule has 1 aromatic heterocycles. The van der Waals surface area contributed by atoms with E-state index in [4.69, 9.17) is 11.5 Å². The number of aromatic nitrogens is 2. The molecule has 0 aromatic carbocycles. The van der Waals surface area contributed by atoms with Crippen LogP contribution in [-0.4, -0.2) is 16.1 Å². The molecule has 0 saturated carbocycles. The molecule has 1 heterocycles. The summed E-state index contributed by atoms with van der Waals surface area (Å²) in [7, 11) is 0. The summed E-state index contributed by atoms with van der Waals surface area (Å²) in [4.78, 5) is 3.94. The first-order valence-electron chi connectivity index (χ1n) is 3.27. The largest absolute Gasteiger partial charge is 0.332 e. The summed E-state index contributed by atoms with van der Waals surface area (Å²) in [5.41, 5.74) is 11.8. The molecular formula is C6H12N4. The second-order valence-electron chi connectivity index (χ2n) is 2.07. The molecule has 0 radical (unpaired) electrons. The summed E-state index contributed by atoms with van der Waals surface area (Å²) in [5, 5.41) is 0. The predicted octanol–water partition coefficient (Wildman–Crippen LogP) is -0.700. The zero-order valence-electron chi connectivity index (χ0n) is 5.83. The van der Waals surface area contributed by atoms with Crippen molar-refractivity contribution in [2.45, 2.75) is 13.1 Å². The molecule has 0 aliphatic rings. The second kappa shape index (κ2) is 3.34. The molecule has 1 rings (SSSR count). The normalized spacial score (nSPS) is 10.2. The fourth-order valence-electron chi connectivity index (χ4n) is 0.859. The number of rotatable bonds is 3. The van der Waals surface area contributed by atoms with Crippen molar-refractivity contribution in [1.29, 1.82) is 0 Å². The van der Waals surface area contributed by atoms with Gasteiger partial charge in [0.2, 0.25) is 0 Å². The Morgan fingerprint density at radius 2 is 2.30 bits per heavy atom. The highest BCUT2D eigenvalue weighted by Gasteiger charge is 1.95. The van der Waals surface area contributed by atoms with E-state index in [-0.39, 0.29) is 0 Å². The van der Waals surface area contributed by atoms with Crippen LogP contribution in [0.2, 0.25) is 0 Å². The molecule has 0 amide bonds. The van der Waals surface area contributed by atoms with E-state index in [1.807, 2.05) is 4.57 Å². The van der Waals surface area contributed by atoms with Gasteiger partial charge in [-0.1, -0.05) is 0 Å². The lowest BCUT2D eigenvalue weighted by Crippen LogP contribution is -2.13. The van der Waals surface area contributed by atoms with Gasteiger partial charge in [0.05, 0.1) is 12.0 Å². The highest BCUT2D eigenvalue weighted by molar-refractivity contribution is 4.96. The average Bonchev–Trinajstić information content (AvgIpc) is 2.36. The average molecular weight is 140 g/mol. The fraction of sp³-hybridized carbons (Fsp3) is 0.500. The Balaban J connectivity index is 2.70. The standard InChI is InChI=1S/C6H12N4/c7-1-2-10-5-9-4-6(10)3-8/h4-5H,1-3,7-8H2. The molecule has 0 atom stereocenters. The van der Waals surface area contributed by atoms with Gasteiger partial charge in [-0.3, -0.25) is 0 Å². The van der Waals surface area contributed by atoms with Gasteiger partial charge in [-0.25, -0.2) is 4.98 Å². The van der Waals surface area contributed by atoms with Gasteiger partial charge in [-0.2, -0.15) is 0 Å². The van der Waals surface area contributed by atoms with Gasteiger partial charge >= 0.3 is 0 Å². The zero-order chi connectivity index (χ0) is 7.40. The monoisotopic (exact) mass is 140 g/mol. The van der Waals surface area contributed by atoms with Crippen molar-refractivity contribution in [1.82, 2.24) is 9.55 Å². The van der Waals surface area contributed by atoms with E-state index in [0.717, 1.165) is 12.2 Å². The molecule has 4 N–H and O–H groups in total. The third-order valence-corrected chi connectivity index (χ3v) is 1.38. The van der Waals surface area contributed by atoms with Gasteiger partial charge in [-0.15, -0.1) is 0 Å². The Morgan fingerprint density at radius 3 is 2.90 bits per heavy atom. The molecule has 4 nitrogen and oxygen atoms in total. The molecule has 0 bridgehead atoms. The van der Waals surface area contributed by atoms with Crippen LogP contribution in [0.3, 0.4) is 0 Å². The first-order chi connectivity index (χ1) is 4.88. The molecule has 0 aliphatic carbocycles. The topological polar surface area (TPSA) is 69.9 Å². The lowest BCUT2D eigenvalue weighted by Gasteiger charge is -2.02. The summed E-state index contributed by atoms with van der Waals surface area (Å²) >= 11 is 0. The molecule has 0 unspecified atom stereocenters. The van der Waals surface area contributed by atoms with E-state index in [9.17, 15) is 0 Å². The summed E-state index contributed by atoms with van der Waals surface area (Å²) in [5.74, 6) is 0. The van der Waals surface area contributed by atoms with Crippen LogP contribution in [0.1, 0.15) is 5.69 Å². The van der Waals surface area contributed by atoms with E-state index in [0.29, 0.717) is 13.1 Å². The van der Waals surface area contributed by atoms with Crippen molar-refractivity contribution < 1.29 is 0 Å². The maximum Gasteiger partial charge on any atom is 0.0949 e. The smallest absolute Gasteiger partial charge is 0.0949 e. The van der Waals surface area contributed by atoms with E-state index in [2.05, 4.69) is 4.98 Å². The maximum atomic E-state index is 5.42. The predicted molar refractivity (Wildman–Crippen MR) is 39.2 cm³/mol. The Kier molecular flexibility index (Phi) is 2.42. The minimum atomic E-state index is 0.528. The summed E-state index contributed by atoms with van der Waals surface area (Å²) in [6.07, 6.45) is 3.50. The Bertz CT molecular complexity index is 193. The molecular weight excluding hydrogens is 128 g/mol. The van der Waals surface area contributed by atoms with E-state index in [1.165, 1.54) is 0 Å². The maximum absolute atomic E-state index is 5.42. The Morgan fingerprint density at radius 1 is 1.50 bits per heavy atom. The minimum Gasteiger partial charge on any atom is -0.332 e. The van der Waals surface area contributed by atoms with Gasteiger partial charge in [0, 0.05) is 25.8 Å². The molecule has 10 heavy (non-hydrogen) atoms. The second-order valence-corrected chi connectivity index (χ2v) is 2.07. The number of imidazole rings is 1. The molecule has 0 spiro atoms. The molecule has 0 saturated heterocycles. The number of nitrogens with two attached hydrogens (primary N) is 2. The summed E-state index contributed by atoms with van der Waals surface area (Å²) < 4.78 is 1.96. The van der Waals surface area contributed by atoms with E-state index < -0.39 is 0 Å². The van der Waals surface area contributed by atoms with Crippen LogP contribution in [0, 0.1) is 0 Å². The number of hydrogen-bond donors (Lipinski definition) is 2. The van der Waals surface area contributed by atoms with Crippen LogP contribution >= 0.6 is 0 Å². The SMILES string of the molecule is NCCn1cncc1CN.